The second-order valence-electron chi connectivity index (χ2n) is 8.33. The fourth-order valence-corrected chi connectivity index (χ4v) is 6.11. The third-order valence-corrected chi connectivity index (χ3v) is 8.07. The quantitative estimate of drug-likeness (QED) is 0.281. The molecule has 1 amide bonds. The van der Waals surface area contributed by atoms with Gasteiger partial charge < -0.3 is 14.8 Å². The first kappa shape index (κ1) is 25.8. The molecule has 8 nitrogen and oxygen atoms in total. The van der Waals surface area contributed by atoms with Crippen molar-refractivity contribution < 1.29 is 14.3 Å². The second kappa shape index (κ2) is 12.6. The van der Waals surface area contributed by atoms with E-state index in [1.807, 2.05) is 28.8 Å². The number of rotatable bonds is 10. The summed E-state index contributed by atoms with van der Waals surface area (Å²) >= 11 is 2.84. The molecule has 0 radical (unpaired) electrons. The fraction of sp³-hybridized carbons (Fsp3) is 0.385. The number of hydrogen-bond donors (Lipinski definition) is 1. The lowest BCUT2D eigenvalue weighted by Gasteiger charge is -2.10. The molecule has 1 aliphatic carbocycles. The summed E-state index contributed by atoms with van der Waals surface area (Å²) in [4.78, 5) is 14.0. The molecule has 0 fully saturated rings. The SMILES string of the molecule is C=CCn1c(COc2ccc(OC)cc2)nnc1SCC(=O)Nc1sc2c(c1C#N)CCCCCC2. The standard InChI is InChI=1S/C26H29N5O3S2/c1-3-14-31-23(16-34-19-12-10-18(33-2)11-13-19)29-30-26(31)35-17-24(32)28-25-21(15-27)20-8-6-4-5-7-9-22(20)36-25/h3,10-13H,1,4-9,14,16-17H2,2H3,(H,28,32). The number of carbonyl (C=O) groups is 1. The highest BCUT2D eigenvalue weighted by atomic mass is 32.2. The molecule has 1 aromatic carbocycles. The van der Waals surface area contributed by atoms with E-state index >= 15 is 0 Å². The van der Waals surface area contributed by atoms with Crippen molar-refractivity contribution >= 4 is 34.0 Å². The Morgan fingerprint density at radius 3 is 2.69 bits per heavy atom. The van der Waals surface area contributed by atoms with Gasteiger partial charge in [-0.3, -0.25) is 9.36 Å². The number of amides is 1. The molecule has 0 saturated carbocycles. The minimum atomic E-state index is -0.171. The molecular weight excluding hydrogens is 494 g/mol. The molecule has 0 atom stereocenters. The Bertz CT molecular complexity index is 1240. The summed E-state index contributed by atoms with van der Waals surface area (Å²) in [6.07, 6.45) is 8.27. The number of benzene rings is 1. The fourth-order valence-electron chi connectivity index (χ4n) is 4.08. The number of carbonyl (C=O) groups excluding carboxylic acids is 1. The Morgan fingerprint density at radius 1 is 1.22 bits per heavy atom. The van der Waals surface area contributed by atoms with Crippen LogP contribution in [0.4, 0.5) is 5.00 Å². The van der Waals surface area contributed by atoms with Crippen molar-refractivity contribution in [2.45, 2.75) is 56.8 Å². The van der Waals surface area contributed by atoms with Crippen molar-refractivity contribution in [2.75, 3.05) is 18.2 Å². The first-order chi connectivity index (χ1) is 17.6. The van der Waals surface area contributed by atoms with E-state index in [4.69, 9.17) is 9.47 Å². The first-order valence-electron chi connectivity index (χ1n) is 11.9. The molecule has 0 saturated heterocycles. The van der Waals surface area contributed by atoms with Gasteiger partial charge in [-0.05, 0) is 55.5 Å². The van der Waals surface area contributed by atoms with E-state index in [9.17, 15) is 10.1 Å². The van der Waals surface area contributed by atoms with Gasteiger partial charge in [0.1, 0.15) is 29.2 Å². The van der Waals surface area contributed by atoms with Crippen LogP contribution in [0, 0.1) is 11.3 Å². The van der Waals surface area contributed by atoms with Crippen LogP contribution in [-0.4, -0.2) is 33.5 Å². The third-order valence-electron chi connectivity index (χ3n) is 5.90. The van der Waals surface area contributed by atoms with Gasteiger partial charge in [0.05, 0.1) is 18.4 Å². The summed E-state index contributed by atoms with van der Waals surface area (Å²) in [6, 6.07) is 9.64. The van der Waals surface area contributed by atoms with E-state index in [0.717, 1.165) is 37.0 Å². The molecule has 0 aliphatic heterocycles. The molecule has 36 heavy (non-hydrogen) atoms. The van der Waals surface area contributed by atoms with Crippen LogP contribution >= 0.6 is 23.1 Å². The minimum Gasteiger partial charge on any atom is -0.497 e. The van der Waals surface area contributed by atoms with Crippen LogP contribution in [0.25, 0.3) is 0 Å². The molecule has 0 spiro atoms. The zero-order chi connectivity index (χ0) is 25.3. The number of nitrogens with zero attached hydrogens (tertiary/aromatic N) is 4. The molecule has 2 heterocycles. The maximum absolute atomic E-state index is 12.8. The van der Waals surface area contributed by atoms with Crippen molar-refractivity contribution in [1.82, 2.24) is 14.8 Å². The van der Waals surface area contributed by atoms with Gasteiger partial charge in [0.25, 0.3) is 0 Å². The van der Waals surface area contributed by atoms with Crippen molar-refractivity contribution in [1.29, 1.82) is 5.26 Å². The van der Waals surface area contributed by atoms with Gasteiger partial charge in [-0.25, -0.2) is 0 Å². The second-order valence-corrected chi connectivity index (χ2v) is 10.4. The van der Waals surface area contributed by atoms with Crippen LogP contribution in [0.15, 0.2) is 42.1 Å². The maximum Gasteiger partial charge on any atom is 0.235 e. The number of aromatic nitrogens is 3. The van der Waals surface area contributed by atoms with Crippen LogP contribution in [0.1, 0.15) is 47.5 Å². The van der Waals surface area contributed by atoms with E-state index in [1.54, 1.807) is 24.5 Å². The normalized spacial score (nSPS) is 13.1. The highest BCUT2D eigenvalue weighted by Crippen LogP contribution is 2.36. The first-order valence-corrected chi connectivity index (χ1v) is 13.7. The highest BCUT2D eigenvalue weighted by molar-refractivity contribution is 7.99. The van der Waals surface area contributed by atoms with Gasteiger partial charge in [-0.2, -0.15) is 5.26 Å². The van der Waals surface area contributed by atoms with Gasteiger partial charge >= 0.3 is 0 Å². The molecule has 2 aromatic heterocycles. The Morgan fingerprint density at radius 2 is 1.97 bits per heavy atom. The summed E-state index contributed by atoms with van der Waals surface area (Å²) in [5, 5.41) is 22.5. The largest absolute Gasteiger partial charge is 0.497 e. The van der Waals surface area contributed by atoms with E-state index in [2.05, 4.69) is 28.2 Å². The van der Waals surface area contributed by atoms with E-state index < -0.39 is 0 Å². The number of aryl methyl sites for hydroxylation is 1. The molecule has 4 rings (SSSR count). The van der Waals surface area contributed by atoms with Crippen LogP contribution in [0.2, 0.25) is 0 Å². The van der Waals surface area contributed by atoms with Gasteiger partial charge in [-0.1, -0.05) is 30.7 Å². The number of fused-ring (bicyclic) bond motifs is 1. The lowest BCUT2D eigenvalue weighted by atomic mass is 9.97. The lowest BCUT2D eigenvalue weighted by molar-refractivity contribution is -0.113. The Labute approximate surface area is 219 Å². The monoisotopic (exact) mass is 523 g/mol. The van der Waals surface area contributed by atoms with Crippen LogP contribution in [0.5, 0.6) is 11.5 Å². The average molecular weight is 524 g/mol. The average Bonchev–Trinajstić information content (AvgIpc) is 3.41. The zero-order valence-electron chi connectivity index (χ0n) is 20.3. The van der Waals surface area contributed by atoms with Gasteiger partial charge in [0.2, 0.25) is 5.91 Å². The van der Waals surface area contributed by atoms with Crippen molar-refractivity contribution in [3.8, 4) is 17.6 Å². The summed E-state index contributed by atoms with van der Waals surface area (Å²) in [6.45, 7) is 4.54. The summed E-state index contributed by atoms with van der Waals surface area (Å²) < 4.78 is 12.9. The lowest BCUT2D eigenvalue weighted by Crippen LogP contribution is -2.15. The number of hydrogen-bond acceptors (Lipinski definition) is 8. The van der Waals surface area contributed by atoms with Gasteiger partial charge in [-0.15, -0.1) is 28.1 Å². The van der Waals surface area contributed by atoms with Crippen LogP contribution in [0.3, 0.4) is 0 Å². The number of methoxy groups -OCH3 is 1. The van der Waals surface area contributed by atoms with Crippen LogP contribution < -0.4 is 14.8 Å². The van der Waals surface area contributed by atoms with E-state index in [0.29, 0.717) is 33.8 Å². The number of thiophene rings is 1. The smallest absolute Gasteiger partial charge is 0.235 e. The van der Waals surface area contributed by atoms with E-state index in [-0.39, 0.29) is 18.3 Å². The summed E-state index contributed by atoms with van der Waals surface area (Å²) in [7, 11) is 1.62. The molecule has 3 aromatic rings. The third kappa shape index (κ3) is 6.28. The predicted octanol–water partition coefficient (Wildman–Crippen LogP) is 5.37. The molecule has 1 aliphatic rings. The number of thioether (sulfide) groups is 1. The Kier molecular flexibility index (Phi) is 9.03. The summed E-state index contributed by atoms with van der Waals surface area (Å²) in [5.74, 6) is 2.07. The molecule has 1 N–H and O–H groups in total. The minimum absolute atomic E-state index is 0.155. The number of allylic oxidation sites excluding steroid dienone is 1. The number of anilines is 1. The molecule has 188 valence electrons. The predicted molar refractivity (Wildman–Crippen MR) is 142 cm³/mol. The number of nitriles is 1. The topological polar surface area (TPSA) is 102 Å². The molecule has 0 unspecified atom stereocenters. The van der Waals surface area contributed by atoms with Gasteiger partial charge in [0.15, 0.2) is 11.0 Å². The molecular formula is C26H29N5O3S2. The van der Waals surface area contributed by atoms with Crippen LogP contribution in [-0.2, 0) is 30.8 Å². The van der Waals surface area contributed by atoms with Crippen molar-refractivity contribution in [2.24, 2.45) is 0 Å². The van der Waals surface area contributed by atoms with E-state index in [1.165, 1.54) is 29.5 Å². The van der Waals surface area contributed by atoms with Crippen molar-refractivity contribution in [3.05, 3.63) is 58.7 Å². The highest BCUT2D eigenvalue weighted by Gasteiger charge is 2.21. The van der Waals surface area contributed by atoms with Crippen molar-refractivity contribution in [3.63, 3.8) is 0 Å². The number of nitrogens with one attached hydrogen (secondary N) is 1. The van der Waals surface area contributed by atoms with Gasteiger partial charge in [0, 0.05) is 11.4 Å². The Hall–Kier alpha value is -3.29. The molecule has 0 bridgehead atoms. The Balaban J connectivity index is 1.39. The number of ether oxygens (including phenoxy) is 2. The zero-order valence-corrected chi connectivity index (χ0v) is 21.9. The summed E-state index contributed by atoms with van der Waals surface area (Å²) in [5.41, 5.74) is 1.75. The molecule has 10 heteroatoms. The maximum atomic E-state index is 12.8.